The molecule has 1 unspecified atom stereocenters. The maximum atomic E-state index is 11.6. The summed E-state index contributed by atoms with van der Waals surface area (Å²) in [5, 5.41) is 20.6. The highest BCUT2D eigenvalue weighted by Crippen LogP contribution is 2.24. The van der Waals surface area contributed by atoms with Crippen molar-refractivity contribution in [1.82, 2.24) is 0 Å². The van der Waals surface area contributed by atoms with E-state index in [-0.39, 0.29) is 5.75 Å². The fraction of sp³-hybridized carbons (Fsp3) is 0.333. The predicted molar refractivity (Wildman–Crippen MR) is 66.4 cm³/mol. The van der Waals surface area contributed by atoms with Crippen LogP contribution in [0.2, 0.25) is 0 Å². The highest BCUT2D eigenvalue weighted by atomic mass is 16.4. The molecule has 1 amide bonds. The lowest BCUT2D eigenvalue weighted by Gasteiger charge is -2.13. The molecule has 0 saturated carbocycles. The predicted octanol–water partition coefficient (Wildman–Crippen LogP) is 0.750. The zero-order valence-electron chi connectivity index (χ0n) is 10.2. The first-order chi connectivity index (χ1) is 8.31. The molecule has 6 nitrogen and oxygen atoms in total. The fourth-order valence-corrected chi connectivity index (χ4v) is 1.44. The van der Waals surface area contributed by atoms with E-state index < -0.39 is 24.3 Å². The zero-order valence-corrected chi connectivity index (χ0v) is 10.2. The second-order valence-electron chi connectivity index (χ2n) is 4.15. The summed E-state index contributed by atoms with van der Waals surface area (Å²) in [6.07, 6.45) is -0.429. The Morgan fingerprint density at radius 1 is 1.33 bits per heavy atom. The summed E-state index contributed by atoms with van der Waals surface area (Å²) in [5.74, 6) is -1.55. The molecule has 0 fully saturated rings. The van der Waals surface area contributed by atoms with Crippen LogP contribution in [0.25, 0.3) is 0 Å². The van der Waals surface area contributed by atoms with Crippen LogP contribution in [-0.2, 0) is 9.59 Å². The summed E-state index contributed by atoms with van der Waals surface area (Å²) in [6, 6.07) is 2.03. The van der Waals surface area contributed by atoms with Crippen LogP contribution in [0.5, 0.6) is 5.75 Å². The topological polar surface area (TPSA) is 113 Å². The molecule has 0 aromatic heterocycles. The molecule has 1 atom stereocenters. The first-order valence-electron chi connectivity index (χ1n) is 5.39. The third-order valence-corrected chi connectivity index (χ3v) is 2.53. The number of carbonyl (C=O) groups excluding carboxylic acids is 1. The van der Waals surface area contributed by atoms with Gasteiger partial charge in [0.2, 0.25) is 5.91 Å². The number of hydrogen-bond donors (Lipinski definition) is 4. The van der Waals surface area contributed by atoms with E-state index in [1.54, 1.807) is 19.9 Å². The van der Waals surface area contributed by atoms with Crippen LogP contribution in [0.15, 0.2) is 12.1 Å². The lowest BCUT2D eigenvalue weighted by atomic mass is 10.1. The molecule has 1 aromatic carbocycles. The maximum absolute atomic E-state index is 11.6. The number of nitrogens with one attached hydrogen (secondary N) is 1. The molecular formula is C12H16N2O4. The number of phenols is 1. The molecule has 18 heavy (non-hydrogen) atoms. The number of aryl methyl sites for hydroxylation is 2. The minimum Gasteiger partial charge on any atom is -0.508 e. The van der Waals surface area contributed by atoms with Gasteiger partial charge in [-0.25, -0.2) is 0 Å². The second kappa shape index (κ2) is 5.50. The van der Waals surface area contributed by atoms with Gasteiger partial charge in [0.1, 0.15) is 5.75 Å². The van der Waals surface area contributed by atoms with Crippen molar-refractivity contribution in [3.8, 4) is 5.75 Å². The van der Waals surface area contributed by atoms with Crippen LogP contribution in [0.4, 0.5) is 5.69 Å². The summed E-state index contributed by atoms with van der Waals surface area (Å²) < 4.78 is 0. The van der Waals surface area contributed by atoms with Gasteiger partial charge in [-0.1, -0.05) is 0 Å². The number of carbonyl (C=O) groups is 2. The maximum Gasteiger partial charge on any atom is 0.305 e. The normalized spacial score (nSPS) is 11.9. The molecule has 1 rings (SSSR count). The van der Waals surface area contributed by atoms with E-state index in [1.165, 1.54) is 6.07 Å². The van der Waals surface area contributed by atoms with E-state index in [0.29, 0.717) is 16.8 Å². The second-order valence-corrected chi connectivity index (χ2v) is 4.15. The van der Waals surface area contributed by atoms with Crippen LogP contribution >= 0.6 is 0 Å². The number of hydrogen-bond acceptors (Lipinski definition) is 4. The fourth-order valence-electron chi connectivity index (χ4n) is 1.44. The molecule has 0 spiro atoms. The molecule has 0 heterocycles. The SMILES string of the molecule is Cc1cc(NC(=O)C(N)CC(=O)O)c(C)cc1O. The van der Waals surface area contributed by atoms with Gasteiger partial charge in [0, 0.05) is 5.69 Å². The van der Waals surface area contributed by atoms with Crippen LogP contribution in [0, 0.1) is 13.8 Å². The number of nitrogens with two attached hydrogens (primary N) is 1. The van der Waals surface area contributed by atoms with E-state index >= 15 is 0 Å². The number of rotatable bonds is 4. The Balaban J connectivity index is 2.82. The summed E-state index contributed by atoms with van der Waals surface area (Å²) in [7, 11) is 0. The van der Waals surface area contributed by atoms with E-state index in [4.69, 9.17) is 10.8 Å². The Hall–Kier alpha value is -2.08. The number of aromatic hydroxyl groups is 1. The summed E-state index contributed by atoms with van der Waals surface area (Å²) in [6.45, 7) is 3.42. The van der Waals surface area contributed by atoms with Gasteiger partial charge in [-0.3, -0.25) is 9.59 Å². The quantitative estimate of drug-likeness (QED) is 0.591. The van der Waals surface area contributed by atoms with Gasteiger partial charge in [-0.05, 0) is 37.1 Å². The lowest BCUT2D eigenvalue weighted by molar-refractivity contribution is -0.138. The highest BCUT2D eigenvalue weighted by molar-refractivity contribution is 5.97. The summed E-state index contributed by atoms with van der Waals surface area (Å²) >= 11 is 0. The van der Waals surface area contributed by atoms with Gasteiger partial charge in [-0.15, -0.1) is 0 Å². The van der Waals surface area contributed by atoms with E-state index in [2.05, 4.69) is 5.32 Å². The van der Waals surface area contributed by atoms with Crippen LogP contribution in [0.1, 0.15) is 17.5 Å². The average molecular weight is 252 g/mol. The number of benzene rings is 1. The third kappa shape index (κ3) is 3.46. The van der Waals surface area contributed by atoms with Gasteiger partial charge in [0.05, 0.1) is 12.5 Å². The monoisotopic (exact) mass is 252 g/mol. The molecule has 6 heteroatoms. The first-order valence-corrected chi connectivity index (χ1v) is 5.39. The molecule has 0 radical (unpaired) electrons. The smallest absolute Gasteiger partial charge is 0.305 e. The summed E-state index contributed by atoms with van der Waals surface area (Å²) in [5.41, 5.74) is 7.24. The minimum absolute atomic E-state index is 0.139. The van der Waals surface area contributed by atoms with E-state index in [0.717, 1.165) is 0 Å². The molecule has 0 aliphatic heterocycles. The number of carboxylic acid groups (broad SMARTS) is 1. The standard InChI is InChI=1S/C12H16N2O4/c1-6-4-10(15)7(2)3-9(6)14-12(18)8(13)5-11(16)17/h3-4,8,15H,5,13H2,1-2H3,(H,14,18)(H,16,17). The van der Waals surface area contributed by atoms with E-state index in [1.807, 2.05) is 0 Å². The average Bonchev–Trinajstić information content (AvgIpc) is 2.24. The molecule has 98 valence electrons. The number of carboxylic acids is 1. The third-order valence-electron chi connectivity index (χ3n) is 2.53. The minimum atomic E-state index is -1.13. The number of phenolic OH excluding ortho intramolecular Hbond substituents is 1. The molecule has 5 N–H and O–H groups in total. The van der Waals surface area contributed by atoms with E-state index in [9.17, 15) is 14.7 Å². The molecular weight excluding hydrogens is 236 g/mol. The van der Waals surface area contributed by atoms with Gasteiger partial charge in [0.25, 0.3) is 0 Å². The van der Waals surface area contributed by atoms with Crippen molar-refractivity contribution >= 4 is 17.6 Å². The Bertz CT molecular complexity index is 485. The van der Waals surface area contributed by atoms with Crippen molar-refractivity contribution in [3.63, 3.8) is 0 Å². The van der Waals surface area contributed by atoms with Crippen LogP contribution in [0.3, 0.4) is 0 Å². The van der Waals surface area contributed by atoms with Gasteiger partial charge < -0.3 is 21.3 Å². The Morgan fingerprint density at radius 2 is 1.94 bits per heavy atom. The van der Waals surface area contributed by atoms with Crippen molar-refractivity contribution in [2.45, 2.75) is 26.3 Å². The van der Waals surface area contributed by atoms with Crippen molar-refractivity contribution in [1.29, 1.82) is 0 Å². The zero-order chi connectivity index (χ0) is 13.9. The Kier molecular flexibility index (Phi) is 4.28. The van der Waals surface area contributed by atoms with Gasteiger partial charge in [-0.2, -0.15) is 0 Å². The van der Waals surface area contributed by atoms with Crippen molar-refractivity contribution < 1.29 is 19.8 Å². The number of amides is 1. The lowest BCUT2D eigenvalue weighted by Crippen LogP contribution is -2.37. The highest BCUT2D eigenvalue weighted by Gasteiger charge is 2.18. The van der Waals surface area contributed by atoms with Crippen molar-refractivity contribution in [2.75, 3.05) is 5.32 Å². The molecule has 1 aromatic rings. The Labute approximate surface area is 104 Å². The van der Waals surface area contributed by atoms with Crippen LogP contribution in [-0.4, -0.2) is 28.1 Å². The van der Waals surface area contributed by atoms with Crippen molar-refractivity contribution in [2.24, 2.45) is 5.73 Å². The van der Waals surface area contributed by atoms with Crippen LogP contribution < -0.4 is 11.1 Å². The molecule has 0 bridgehead atoms. The number of aliphatic carboxylic acids is 1. The Morgan fingerprint density at radius 3 is 2.50 bits per heavy atom. The molecule has 0 saturated heterocycles. The first kappa shape index (κ1) is 14.0. The number of anilines is 1. The van der Waals surface area contributed by atoms with Gasteiger partial charge >= 0.3 is 5.97 Å². The summed E-state index contributed by atoms with van der Waals surface area (Å²) in [4.78, 5) is 22.1. The van der Waals surface area contributed by atoms with Crippen molar-refractivity contribution in [3.05, 3.63) is 23.3 Å². The van der Waals surface area contributed by atoms with Gasteiger partial charge in [0.15, 0.2) is 0 Å². The molecule has 0 aliphatic carbocycles. The molecule has 0 aliphatic rings. The largest absolute Gasteiger partial charge is 0.508 e.